The zero-order chi connectivity index (χ0) is 31.0. The van der Waals surface area contributed by atoms with Crippen LogP contribution in [-0.4, -0.2) is 81.9 Å². The number of aromatic nitrogens is 2. The number of halogens is 1. The number of rotatable bonds is 8. The summed E-state index contributed by atoms with van der Waals surface area (Å²) in [6.07, 6.45) is 3.44. The molecule has 4 aromatic rings. The Bertz CT molecular complexity index is 1790. The van der Waals surface area contributed by atoms with Gasteiger partial charge >= 0.3 is 0 Å². The van der Waals surface area contributed by atoms with E-state index in [4.69, 9.17) is 15.6 Å². The van der Waals surface area contributed by atoms with Gasteiger partial charge in [-0.05, 0) is 88.3 Å². The number of aromatic amines is 1. The molecule has 6 rings (SSSR count). The van der Waals surface area contributed by atoms with Crippen molar-refractivity contribution >= 4 is 38.0 Å². The van der Waals surface area contributed by atoms with Gasteiger partial charge < -0.3 is 25.6 Å². The summed E-state index contributed by atoms with van der Waals surface area (Å²) in [5.74, 6) is -1.21. The molecule has 1 amide bonds. The van der Waals surface area contributed by atoms with Crippen molar-refractivity contribution in [1.29, 1.82) is 0 Å². The van der Waals surface area contributed by atoms with Gasteiger partial charge in [0.05, 0.1) is 32.1 Å². The molecule has 2 fully saturated rings. The molecule has 4 N–H and O–H groups in total. The molecule has 3 heterocycles. The lowest BCUT2D eigenvalue weighted by Gasteiger charge is -2.38. The Morgan fingerprint density at radius 2 is 1.77 bits per heavy atom. The molecule has 0 bridgehead atoms. The molecule has 44 heavy (non-hydrogen) atoms. The number of hydrogen-bond acceptors (Lipinski definition) is 8. The molecule has 0 atom stereocenters. The standard InChI is InChI=1S/C32H37FN6O4S/c1-38(2)22-10-14-39(15-11-22)28-9-7-25(32(34)40)30(35-21-12-16-43-17-13-21)29(28)31-26-19-24(6-8-27(26)36-37-31)44(41,42)23-5-3-4-20(33)18-23/h3-9,18-19,21-22,35H,10-17H2,1-2H3,(H2,34,40)(H,36,37). The molecule has 232 valence electrons. The Morgan fingerprint density at radius 1 is 1.05 bits per heavy atom. The van der Waals surface area contributed by atoms with Crippen LogP contribution in [0.15, 0.2) is 64.4 Å². The maximum atomic E-state index is 14.0. The number of ether oxygens (including phenoxy) is 1. The van der Waals surface area contributed by atoms with E-state index >= 15 is 0 Å². The van der Waals surface area contributed by atoms with Crippen LogP contribution in [0.25, 0.3) is 22.2 Å². The SMILES string of the molecule is CN(C)C1CCN(c2ccc(C(N)=O)c(NC3CCOCC3)c2-c2n[nH]c3ccc(S(=O)(=O)c4cccc(F)c4)cc23)CC1. The normalized spacial score (nSPS) is 17.0. The zero-order valence-electron chi connectivity index (χ0n) is 24.8. The van der Waals surface area contributed by atoms with Gasteiger partial charge in [0.15, 0.2) is 0 Å². The van der Waals surface area contributed by atoms with E-state index < -0.39 is 21.6 Å². The van der Waals surface area contributed by atoms with E-state index in [0.717, 1.165) is 50.5 Å². The summed E-state index contributed by atoms with van der Waals surface area (Å²) in [6, 6.07) is 13.8. The fourth-order valence-corrected chi connectivity index (χ4v) is 7.56. The number of nitrogens with two attached hydrogens (primary N) is 1. The second kappa shape index (κ2) is 12.2. The zero-order valence-corrected chi connectivity index (χ0v) is 25.7. The minimum Gasteiger partial charge on any atom is -0.381 e. The van der Waals surface area contributed by atoms with Gasteiger partial charge in [0.2, 0.25) is 9.84 Å². The Labute approximate surface area is 256 Å². The van der Waals surface area contributed by atoms with E-state index in [2.05, 4.69) is 34.3 Å². The van der Waals surface area contributed by atoms with Crippen LogP contribution >= 0.6 is 0 Å². The molecule has 0 radical (unpaired) electrons. The van der Waals surface area contributed by atoms with Crippen molar-refractivity contribution in [2.24, 2.45) is 5.73 Å². The van der Waals surface area contributed by atoms with E-state index in [0.29, 0.717) is 52.7 Å². The van der Waals surface area contributed by atoms with Gasteiger partial charge in [-0.1, -0.05) is 6.07 Å². The van der Waals surface area contributed by atoms with E-state index in [1.165, 1.54) is 24.3 Å². The molecule has 2 saturated heterocycles. The highest BCUT2D eigenvalue weighted by Gasteiger charge is 2.30. The van der Waals surface area contributed by atoms with Gasteiger partial charge in [0.25, 0.3) is 5.91 Å². The van der Waals surface area contributed by atoms with Gasteiger partial charge in [0.1, 0.15) is 11.5 Å². The number of H-pyrrole nitrogens is 1. The van der Waals surface area contributed by atoms with Crippen molar-refractivity contribution in [3.63, 3.8) is 0 Å². The van der Waals surface area contributed by atoms with Crippen LogP contribution in [0.1, 0.15) is 36.0 Å². The number of sulfone groups is 1. The Morgan fingerprint density at radius 3 is 2.45 bits per heavy atom. The van der Waals surface area contributed by atoms with Crippen molar-refractivity contribution in [2.45, 2.75) is 47.6 Å². The molecule has 0 spiro atoms. The number of carbonyl (C=O) groups excluding carboxylic acids is 1. The molecule has 0 aliphatic carbocycles. The maximum Gasteiger partial charge on any atom is 0.250 e. The Kier molecular flexibility index (Phi) is 8.32. The van der Waals surface area contributed by atoms with Crippen LogP contribution in [0.2, 0.25) is 0 Å². The number of carbonyl (C=O) groups is 1. The predicted octanol–water partition coefficient (Wildman–Crippen LogP) is 4.42. The molecule has 0 saturated carbocycles. The largest absolute Gasteiger partial charge is 0.381 e. The Balaban J connectivity index is 1.53. The van der Waals surface area contributed by atoms with Gasteiger partial charge in [-0.25, -0.2) is 12.8 Å². The maximum absolute atomic E-state index is 14.0. The molecule has 2 aliphatic rings. The quantitative estimate of drug-likeness (QED) is 0.264. The number of anilines is 2. The molecule has 12 heteroatoms. The van der Waals surface area contributed by atoms with Crippen LogP contribution in [0.3, 0.4) is 0 Å². The number of benzene rings is 3. The number of nitrogens with one attached hydrogen (secondary N) is 2. The van der Waals surface area contributed by atoms with Gasteiger partial charge in [0, 0.05) is 49.5 Å². The number of nitrogens with zero attached hydrogens (tertiary/aromatic N) is 3. The highest BCUT2D eigenvalue weighted by Crippen LogP contribution is 2.44. The molecular formula is C32H37FN6O4S. The highest BCUT2D eigenvalue weighted by molar-refractivity contribution is 7.91. The van der Waals surface area contributed by atoms with Crippen molar-refractivity contribution in [3.8, 4) is 11.3 Å². The topological polar surface area (TPSA) is 134 Å². The summed E-state index contributed by atoms with van der Waals surface area (Å²) in [5.41, 5.74) is 9.52. The minimum absolute atomic E-state index is 0.0107. The number of fused-ring (bicyclic) bond motifs is 1. The van der Waals surface area contributed by atoms with Crippen molar-refractivity contribution in [2.75, 3.05) is 50.6 Å². The lowest BCUT2D eigenvalue weighted by molar-refractivity contribution is 0.0904. The lowest BCUT2D eigenvalue weighted by Crippen LogP contribution is -2.42. The van der Waals surface area contributed by atoms with Crippen LogP contribution < -0.4 is 16.0 Å². The highest BCUT2D eigenvalue weighted by atomic mass is 32.2. The van der Waals surface area contributed by atoms with E-state index in [1.54, 1.807) is 18.2 Å². The number of primary amides is 1. The average Bonchev–Trinajstić information content (AvgIpc) is 3.44. The fourth-order valence-electron chi connectivity index (χ4n) is 6.24. The molecule has 3 aromatic carbocycles. The molecule has 10 nitrogen and oxygen atoms in total. The third-order valence-corrected chi connectivity index (χ3v) is 10.5. The summed E-state index contributed by atoms with van der Waals surface area (Å²) < 4.78 is 46.7. The first-order valence-corrected chi connectivity index (χ1v) is 16.3. The third-order valence-electron chi connectivity index (χ3n) is 8.74. The van der Waals surface area contributed by atoms with Crippen molar-refractivity contribution in [1.82, 2.24) is 15.1 Å². The second-order valence-corrected chi connectivity index (χ2v) is 13.6. The molecule has 0 unspecified atom stereocenters. The third kappa shape index (κ3) is 5.76. The first-order valence-electron chi connectivity index (χ1n) is 14.8. The first kappa shape index (κ1) is 30.0. The lowest BCUT2D eigenvalue weighted by atomic mass is 9.95. The smallest absolute Gasteiger partial charge is 0.250 e. The van der Waals surface area contributed by atoms with Crippen LogP contribution in [-0.2, 0) is 14.6 Å². The predicted molar refractivity (Wildman–Crippen MR) is 168 cm³/mol. The first-order chi connectivity index (χ1) is 21.1. The Hall–Kier alpha value is -4.00. The summed E-state index contributed by atoms with van der Waals surface area (Å²) in [4.78, 5) is 17.2. The molecule has 2 aliphatic heterocycles. The van der Waals surface area contributed by atoms with Crippen LogP contribution in [0.4, 0.5) is 15.8 Å². The average molecular weight is 621 g/mol. The number of hydrogen-bond donors (Lipinski definition) is 3. The van der Waals surface area contributed by atoms with E-state index in [9.17, 15) is 17.6 Å². The van der Waals surface area contributed by atoms with Crippen LogP contribution in [0, 0.1) is 5.82 Å². The minimum atomic E-state index is -4.03. The summed E-state index contributed by atoms with van der Waals surface area (Å²) in [6.45, 7) is 2.79. The van der Waals surface area contributed by atoms with Gasteiger partial charge in [-0.2, -0.15) is 5.10 Å². The van der Waals surface area contributed by atoms with Gasteiger partial charge in [-0.3, -0.25) is 9.89 Å². The van der Waals surface area contributed by atoms with E-state index in [-0.39, 0.29) is 15.8 Å². The number of amides is 1. The monoisotopic (exact) mass is 620 g/mol. The second-order valence-electron chi connectivity index (χ2n) is 11.7. The summed E-state index contributed by atoms with van der Waals surface area (Å²) >= 11 is 0. The summed E-state index contributed by atoms with van der Waals surface area (Å²) in [5, 5.41) is 11.9. The van der Waals surface area contributed by atoms with Crippen LogP contribution in [0.5, 0.6) is 0 Å². The molecular weight excluding hydrogens is 583 g/mol. The van der Waals surface area contributed by atoms with Crippen molar-refractivity contribution < 1.29 is 22.3 Å². The van der Waals surface area contributed by atoms with Crippen molar-refractivity contribution in [3.05, 3.63) is 66.0 Å². The summed E-state index contributed by atoms with van der Waals surface area (Å²) in [7, 11) is 0.154. The number of piperidine rings is 1. The van der Waals surface area contributed by atoms with Gasteiger partial charge in [-0.15, -0.1) is 0 Å². The molecule has 1 aromatic heterocycles. The fraction of sp³-hybridized carbons (Fsp3) is 0.375. The van der Waals surface area contributed by atoms with E-state index in [1.807, 2.05) is 6.07 Å².